The molecule has 1 N–H and O–H groups in total. The van der Waals surface area contributed by atoms with Gasteiger partial charge < -0.3 is 9.46 Å². The van der Waals surface area contributed by atoms with Crippen LogP contribution in [0.3, 0.4) is 0 Å². The number of halogens is 1. The lowest BCUT2D eigenvalue weighted by atomic mass is 9.81. The molecule has 2 aromatic rings. The van der Waals surface area contributed by atoms with Gasteiger partial charge in [0.25, 0.3) is 0 Å². The molecule has 5 heteroatoms. The zero-order chi connectivity index (χ0) is 18.2. The first-order valence-corrected chi connectivity index (χ1v) is 9.20. The number of hydrogen-bond acceptors (Lipinski definition) is 4. The van der Waals surface area contributed by atoms with Crippen molar-refractivity contribution in [1.29, 1.82) is 0 Å². The second-order valence-electron chi connectivity index (χ2n) is 6.44. The Morgan fingerprint density at radius 2 is 1.84 bits per heavy atom. The molecule has 0 bridgehead atoms. The second kappa shape index (κ2) is 6.56. The van der Waals surface area contributed by atoms with Gasteiger partial charge in [-0.15, -0.1) is 0 Å². The van der Waals surface area contributed by atoms with Gasteiger partial charge in [0.15, 0.2) is 5.78 Å². The minimum atomic E-state index is -0.777. The lowest BCUT2D eigenvalue weighted by Crippen LogP contribution is -2.37. The largest absolute Gasteiger partial charge is 0.482 e. The maximum atomic E-state index is 13.4. The van der Waals surface area contributed by atoms with Gasteiger partial charge in [-0.3, -0.25) is 4.79 Å². The second-order valence-corrected chi connectivity index (χ2v) is 7.05. The van der Waals surface area contributed by atoms with Crippen molar-refractivity contribution < 1.29 is 13.9 Å². The third-order valence-corrected chi connectivity index (χ3v) is 4.61. The summed E-state index contributed by atoms with van der Waals surface area (Å²) in [5.41, 5.74) is 3.18. The molecule has 1 aliphatic rings. The summed E-state index contributed by atoms with van der Waals surface area (Å²) in [7, 11) is 0. The molecule has 1 heterocycles. The molecule has 3 rings (SSSR count). The highest BCUT2D eigenvalue weighted by Crippen LogP contribution is 2.45. The molecule has 0 unspecified atom stereocenters. The summed E-state index contributed by atoms with van der Waals surface area (Å²) in [5.74, 6) is 0.342. The third-order valence-electron chi connectivity index (χ3n) is 4.17. The van der Waals surface area contributed by atoms with Crippen LogP contribution in [0.5, 0.6) is 5.75 Å². The number of anilines is 1. The molecule has 0 fully saturated rings. The number of carbonyl (C=O) groups excluding carboxylic acids is 1. The average molecular weight is 357 g/mol. The number of ether oxygens (including phenoxy) is 1. The fourth-order valence-electron chi connectivity index (χ4n) is 3.27. The molecule has 130 valence electrons. The van der Waals surface area contributed by atoms with Crippen molar-refractivity contribution in [3.63, 3.8) is 0 Å². The van der Waals surface area contributed by atoms with E-state index in [-0.39, 0.29) is 11.6 Å². The highest BCUT2D eigenvalue weighted by Gasteiger charge is 2.38. The van der Waals surface area contributed by atoms with E-state index in [2.05, 4.69) is 4.72 Å². The Morgan fingerprint density at radius 3 is 2.44 bits per heavy atom. The van der Waals surface area contributed by atoms with E-state index >= 15 is 0 Å². The first kappa shape index (κ1) is 17.5. The van der Waals surface area contributed by atoms with Gasteiger partial charge in [-0.25, -0.2) is 4.39 Å². The lowest BCUT2D eigenvalue weighted by molar-refractivity contribution is -0.115. The summed E-state index contributed by atoms with van der Waals surface area (Å²) in [5, 5.41) is 0. The van der Waals surface area contributed by atoms with Crippen molar-refractivity contribution >= 4 is 29.0 Å². The zero-order valence-electron chi connectivity index (χ0n) is 14.6. The van der Waals surface area contributed by atoms with Crippen molar-refractivity contribution in [2.24, 2.45) is 0 Å². The van der Waals surface area contributed by atoms with Crippen LogP contribution in [0.15, 0.2) is 48.0 Å². The van der Waals surface area contributed by atoms with Crippen molar-refractivity contribution in [2.45, 2.75) is 26.4 Å². The van der Waals surface area contributed by atoms with Gasteiger partial charge in [0.1, 0.15) is 17.2 Å². The molecular weight excluding hydrogens is 337 g/mol. The Kier molecular flexibility index (Phi) is 4.60. The lowest BCUT2D eigenvalue weighted by Gasteiger charge is -2.36. The number of nitrogens with one attached hydrogen (secondary N) is 1. The Labute approximate surface area is 151 Å². The number of hydrogen-bond donors (Lipinski definition) is 1. The first-order valence-electron chi connectivity index (χ1n) is 7.97. The third kappa shape index (κ3) is 3.29. The van der Waals surface area contributed by atoms with Gasteiger partial charge in [-0.1, -0.05) is 24.1 Å². The molecule has 25 heavy (non-hydrogen) atoms. The van der Waals surface area contributed by atoms with E-state index in [1.165, 1.54) is 24.1 Å². The van der Waals surface area contributed by atoms with Crippen LogP contribution in [0.1, 0.15) is 31.9 Å². The maximum absolute atomic E-state index is 13.4. The van der Waals surface area contributed by atoms with Crippen LogP contribution in [0.2, 0.25) is 0 Å². The molecule has 3 nitrogen and oxygen atoms in total. The number of rotatable bonds is 4. The number of Topliss-reactive ketones (excluding diaryl/α,β-unsaturated/α-hetero) is 1. The summed E-state index contributed by atoms with van der Waals surface area (Å²) in [6.07, 6.45) is 1.95. The van der Waals surface area contributed by atoms with Crippen LogP contribution >= 0.6 is 11.9 Å². The van der Waals surface area contributed by atoms with E-state index < -0.39 is 5.60 Å². The SMILES string of the molecule is CSNc1ccc2c(c1)OC(C)(C)C(C(C)=O)=C2c1ccc(F)cc1. The van der Waals surface area contributed by atoms with Crippen molar-refractivity contribution in [1.82, 2.24) is 0 Å². The molecule has 1 aliphatic heterocycles. The molecule has 2 aromatic carbocycles. The maximum Gasteiger partial charge on any atom is 0.160 e. The Morgan fingerprint density at radius 1 is 1.16 bits per heavy atom. The summed E-state index contributed by atoms with van der Waals surface area (Å²) >= 11 is 1.50. The predicted molar refractivity (Wildman–Crippen MR) is 101 cm³/mol. The quantitative estimate of drug-likeness (QED) is 0.775. The molecule has 0 radical (unpaired) electrons. The van der Waals surface area contributed by atoms with Crippen LogP contribution in [0.4, 0.5) is 10.1 Å². The normalized spacial score (nSPS) is 15.4. The minimum Gasteiger partial charge on any atom is -0.482 e. The molecule has 0 atom stereocenters. The molecule has 0 aliphatic carbocycles. The topological polar surface area (TPSA) is 38.3 Å². The monoisotopic (exact) mass is 357 g/mol. The first-order chi connectivity index (χ1) is 11.8. The number of carbonyl (C=O) groups is 1. The fraction of sp³-hybridized carbons (Fsp3) is 0.250. The van der Waals surface area contributed by atoms with E-state index in [4.69, 9.17) is 4.74 Å². The van der Waals surface area contributed by atoms with E-state index in [0.29, 0.717) is 11.3 Å². The van der Waals surface area contributed by atoms with E-state index in [9.17, 15) is 9.18 Å². The van der Waals surface area contributed by atoms with Crippen molar-refractivity contribution in [2.75, 3.05) is 11.0 Å². The number of ketones is 1. The summed E-state index contributed by atoms with van der Waals surface area (Å²) in [6, 6.07) is 12.0. The smallest absolute Gasteiger partial charge is 0.160 e. The molecular formula is C20H20FNO2S. The molecule has 0 saturated heterocycles. The highest BCUT2D eigenvalue weighted by molar-refractivity contribution is 7.99. The Bertz CT molecular complexity index is 856. The summed E-state index contributed by atoms with van der Waals surface area (Å²) in [4.78, 5) is 12.4. The van der Waals surface area contributed by atoms with Crippen molar-refractivity contribution in [3.8, 4) is 5.75 Å². The van der Waals surface area contributed by atoms with E-state index in [0.717, 1.165) is 22.4 Å². The van der Waals surface area contributed by atoms with Gasteiger partial charge in [0, 0.05) is 34.7 Å². The Hall–Kier alpha value is -2.27. The molecule has 0 aromatic heterocycles. The van der Waals surface area contributed by atoms with Crippen LogP contribution in [0, 0.1) is 5.82 Å². The molecule has 0 saturated carbocycles. The van der Waals surface area contributed by atoms with E-state index in [1.54, 1.807) is 19.1 Å². The average Bonchev–Trinajstić information content (AvgIpc) is 2.53. The molecule has 0 spiro atoms. The molecule has 0 amide bonds. The van der Waals surface area contributed by atoms with Crippen LogP contribution in [-0.2, 0) is 4.79 Å². The van der Waals surface area contributed by atoms with Crippen LogP contribution in [0.25, 0.3) is 5.57 Å². The summed E-state index contributed by atoms with van der Waals surface area (Å²) < 4.78 is 22.7. The highest BCUT2D eigenvalue weighted by atomic mass is 32.2. The fourth-order valence-corrected chi connectivity index (χ4v) is 3.64. The van der Waals surface area contributed by atoms with E-state index in [1.807, 2.05) is 38.3 Å². The van der Waals surface area contributed by atoms with Gasteiger partial charge in [0.05, 0.1) is 0 Å². The van der Waals surface area contributed by atoms with Gasteiger partial charge in [0.2, 0.25) is 0 Å². The predicted octanol–water partition coefficient (Wildman–Crippen LogP) is 5.08. The zero-order valence-corrected chi connectivity index (χ0v) is 15.5. The van der Waals surface area contributed by atoms with Crippen LogP contribution < -0.4 is 9.46 Å². The van der Waals surface area contributed by atoms with Gasteiger partial charge >= 0.3 is 0 Å². The van der Waals surface area contributed by atoms with Gasteiger partial charge in [-0.2, -0.15) is 0 Å². The summed E-state index contributed by atoms with van der Waals surface area (Å²) in [6.45, 7) is 5.30. The van der Waals surface area contributed by atoms with Gasteiger partial charge in [-0.05, 0) is 50.6 Å². The number of benzene rings is 2. The standard InChI is InChI=1S/C20H20FNO2S/c1-12(23)19-18(13-5-7-14(21)8-6-13)16-10-9-15(22-25-4)11-17(16)24-20(19,2)3/h5-11,22H,1-4H3. The van der Waals surface area contributed by atoms with Crippen molar-refractivity contribution in [3.05, 3.63) is 65.0 Å². The number of fused-ring (bicyclic) bond motifs is 1. The Balaban J connectivity index is 2.28. The minimum absolute atomic E-state index is 0.0544. The van der Waals surface area contributed by atoms with Crippen LogP contribution in [-0.4, -0.2) is 17.6 Å².